The number of pyridine rings is 1. The van der Waals surface area contributed by atoms with E-state index in [1.54, 1.807) is 5.38 Å². The summed E-state index contributed by atoms with van der Waals surface area (Å²) < 4.78 is 26.5. The number of carbonyl (C=O) groups is 1. The Morgan fingerprint density at radius 3 is 2.70 bits per heavy atom. The number of rotatable bonds is 4. The molecular weight excluding hydrogens is 345 g/mol. The van der Waals surface area contributed by atoms with Crippen LogP contribution in [0, 0.1) is 0 Å². The van der Waals surface area contributed by atoms with E-state index in [0.717, 1.165) is 23.6 Å². The largest absolute Gasteiger partial charge is 0.366 e. The van der Waals surface area contributed by atoms with Crippen LogP contribution in [-0.4, -0.2) is 19.3 Å². The third-order valence-electron chi connectivity index (χ3n) is 2.24. The number of hydrogen-bond acceptors (Lipinski definition) is 5. The molecule has 10 heteroatoms. The second-order valence-corrected chi connectivity index (χ2v) is 6.94. The second kappa shape index (κ2) is 5.57. The minimum atomic E-state index is -3.93. The van der Waals surface area contributed by atoms with Gasteiger partial charge in [0.25, 0.3) is 15.9 Å². The minimum absolute atomic E-state index is 0.000403. The highest BCUT2D eigenvalue weighted by atomic mass is 35.5. The van der Waals surface area contributed by atoms with E-state index in [2.05, 4.69) is 9.71 Å². The quantitative estimate of drug-likeness (QED) is 0.825. The summed E-state index contributed by atoms with van der Waals surface area (Å²) in [5.41, 5.74) is 5.23. The highest BCUT2D eigenvalue weighted by Gasteiger charge is 2.20. The summed E-state index contributed by atoms with van der Waals surface area (Å²) in [6.07, 6.45) is 1.06. The van der Waals surface area contributed by atoms with E-state index in [0.29, 0.717) is 0 Å². The molecule has 0 radical (unpaired) electrons. The van der Waals surface area contributed by atoms with Crippen molar-refractivity contribution >= 4 is 55.5 Å². The van der Waals surface area contributed by atoms with Crippen LogP contribution in [0.1, 0.15) is 10.4 Å². The van der Waals surface area contributed by atoms with Gasteiger partial charge in [0.1, 0.15) is 15.0 Å². The molecule has 1 amide bonds. The number of amides is 1. The molecule has 2 heterocycles. The highest BCUT2D eigenvalue weighted by Crippen LogP contribution is 2.27. The lowest BCUT2D eigenvalue weighted by Gasteiger charge is -2.07. The first kappa shape index (κ1) is 15.0. The lowest BCUT2D eigenvalue weighted by Crippen LogP contribution is -2.17. The van der Waals surface area contributed by atoms with Crippen molar-refractivity contribution in [2.24, 2.45) is 5.73 Å². The van der Waals surface area contributed by atoms with Crippen LogP contribution < -0.4 is 10.5 Å². The number of sulfonamides is 1. The fourth-order valence-electron chi connectivity index (χ4n) is 1.31. The lowest BCUT2D eigenvalue weighted by molar-refractivity contribution is 0.100. The molecule has 3 N–H and O–H groups in total. The molecule has 2 aromatic heterocycles. The Morgan fingerprint density at radius 1 is 1.40 bits per heavy atom. The van der Waals surface area contributed by atoms with E-state index < -0.39 is 15.9 Å². The number of carbonyl (C=O) groups excluding carboxylic acids is 1. The van der Waals surface area contributed by atoms with Crippen molar-refractivity contribution in [2.45, 2.75) is 4.90 Å². The number of nitrogens with two attached hydrogens (primary N) is 1. The number of anilines is 1. The smallest absolute Gasteiger partial charge is 0.264 e. The molecule has 0 saturated carbocycles. The molecule has 0 aliphatic carbocycles. The van der Waals surface area contributed by atoms with Crippen molar-refractivity contribution in [3.05, 3.63) is 39.4 Å². The Bertz CT molecular complexity index is 774. The molecule has 20 heavy (non-hydrogen) atoms. The van der Waals surface area contributed by atoms with Crippen molar-refractivity contribution in [3.8, 4) is 0 Å². The third-order valence-corrected chi connectivity index (χ3v) is 5.20. The fourth-order valence-corrected chi connectivity index (χ4v) is 3.74. The predicted molar refractivity (Wildman–Crippen MR) is 77.9 cm³/mol. The first-order chi connectivity index (χ1) is 9.31. The van der Waals surface area contributed by atoms with E-state index in [-0.39, 0.29) is 25.6 Å². The average molecular weight is 352 g/mol. The molecule has 0 bridgehead atoms. The molecule has 106 valence electrons. The van der Waals surface area contributed by atoms with Crippen molar-refractivity contribution in [3.63, 3.8) is 0 Å². The van der Waals surface area contributed by atoms with Crippen LogP contribution in [0.5, 0.6) is 0 Å². The molecule has 6 nitrogen and oxygen atoms in total. The van der Waals surface area contributed by atoms with Crippen molar-refractivity contribution in [2.75, 3.05) is 4.72 Å². The Morgan fingerprint density at radius 2 is 2.10 bits per heavy atom. The van der Waals surface area contributed by atoms with E-state index in [1.165, 1.54) is 6.07 Å². The number of primary amides is 1. The van der Waals surface area contributed by atoms with Gasteiger partial charge in [-0.2, -0.15) is 0 Å². The Hall–Kier alpha value is -1.35. The topological polar surface area (TPSA) is 102 Å². The zero-order valence-corrected chi connectivity index (χ0v) is 12.8. The van der Waals surface area contributed by atoms with Crippen molar-refractivity contribution in [1.29, 1.82) is 0 Å². The predicted octanol–water partition coefficient (Wildman–Crippen LogP) is 2.35. The number of nitrogens with zero attached hydrogens (tertiary/aromatic N) is 1. The molecule has 0 aliphatic heterocycles. The Labute approximate surface area is 128 Å². The second-order valence-electron chi connectivity index (χ2n) is 3.58. The molecule has 0 aliphatic rings. The van der Waals surface area contributed by atoms with Crippen LogP contribution >= 0.6 is 34.5 Å². The third kappa shape index (κ3) is 3.04. The molecule has 0 aromatic carbocycles. The zero-order valence-electron chi connectivity index (χ0n) is 9.63. The van der Waals surface area contributed by atoms with E-state index in [4.69, 9.17) is 28.9 Å². The Kier molecular flexibility index (Phi) is 4.19. The fraction of sp³-hybridized carbons (Fsp3) is 0. The van der Waals surface area contributed by atoms with Gasteiger partial charge in [-0.25, -0.2) is 13.4 Å². The van der Waals surface area contributed by atoms with Gasteiger partial charge in [-0.3, -0.25) is 9.52 Å². The van der Waals surface area contributed by atoms with Crippen LogP contribution in [0.4, 0.5) is 5.00 Å². The van der Waals surface area contributed by atoms with Crippen molar-refractivity contribution in [1.82, 2.24) is 4.98 Å². The number of nitrogens with one attached hydrogen (secondary N) is 1. The van der Waals surface area contributed by atoms with Crippen LogP contribution in [-0.2, 0) is 10.0 Å². The van der Waals surface area contributed by atoms with Crippen LogP contribution in [0.25, 0.3) is 0 Å². The first-order valence-corrected chi connectivity index (χ1v) is 8.14. The van der Waals surface area contributed by atoms with Gasteiger partial charge in [-0.1, -0.05) is 23.2 Å². The molecule has 0 saturated heterocycles. The van der Waals surface area contributed by atoms with Gasteiger partial charge in [0.15, 0.2) is 0 Å². The average Bonchev–Trinajstić information content (AvgIpc) is 2.80. The maximum Gasteiger partial charge on any atom is 0.264 e. The van der Waals surface area contributed by atoms with Crippen molar-refractivity contribution < 1.29 is 13.2 Å². The maximum absolute atomic E-state index is 12.1. The van der Waals surface area contributed by atoms with Gasteiger partial charge in [0, 0.05) is 6.20 Å². The molecule has 0 fully saturated rings. The molecule has 2 rings (SSSR count). The lowest BCUT2D eigenvalue weighted by atomic mass is 10.3. The Balaban J connectivity index is 2.38. The maximum atomic E-state index is 12.1. The summed E-state index contributed by atoms with van der Waals surface area (Å²) in [6, 6.07) is 2.59. The number of hydrogen-bond donors (Lipinski definition) is 2. The van der Waals surface area contributed by atoms with Gasteiger partial charge in [0.05, 0.1) is 10.6 Å². The standard InChI is InChI=1S/C10H7Cl2N3O3S2/c11-7-3-5(4-14-8(7)12)20(17,18)15-10-6(9(13)16)1-2-19-10/h1-4,15H,(H2,13,16). The number of aromatic nitrogens is 1. The van der Waals surface area contributed by atoms with Gasteiger partial charge in [-0.05, 0) is 17.5 Å². The summed E-state index contributed by atoms with van der Waals surface area (Å²) in [4.78, 5) is 14.6. The van der Waals surface area contributed by atoms with Gasteiger partial charge < -0.3 is 5.73 Å². The van der Waals surface area contributed by atoms with Gasteiger partial charge in [0.2, 0.25) is 0 Å². The summed E-state index contributed by atoms with van der Waals surface area (Å²) >= 11 is 12.4. The highest BCUT2D eigenvalue weighted by molar-refractivity contribution is 7.93. The number of thiophene rings is 1. The summed E-state index contributed by atoms with van der Waals surface area (Å²) in [5.74, 6) is -0.726. The van der Waals surface area contributed by atoms with E-state index >= 15 is 0 Å². The molecule has 2 aromatic rings. The molecule has 0 spiro atoms. The van der Waals surface area contributed by atoms with Gasteiger partial charge >= 0.3 is 0 Å². The summed E-state index contributed by atoms with van der Waals surface area (Å²) in [5, 5.41) is 1.68. The zero-order chi connectivity index (χ0) is 14.9. The van der Waals surface area contributed by atoms with Gasteiger partial charge in [-0.15, -0.1) is 11.3 Å². The molecule has 0 unspecified atom stereocenters. The molecular formula is C10H7Cl2N3O3S2. The van der Waals surface area contributed by atoms with Crippen LogP contribution in [0.2, 0.25) is 10.2 Å². The minimum Gasteiger partial charge on any atom is -0.366 e. The number of halogens is 2. The molecule has 0 atom stereocenters. The normalized spacial score (nSPS) is 11.3. The van der Waals surface area contributed by atoms with E-state index in [1.807, 2.05) is 0 Å². The van der Waals surface area contributed by atoms with Crippen LogP contribution in [0.3, 0.4) is 0 Å². The summed E-state index contributed by atoms with van der Waals surface area (Å²) in [7, 11) is -3.93. The monoisotopic (exact) mass is 351 g/mol. The first-order valence-electron chi connectivity index (χ1n) is 5.02. The van der Waals surface area contributed by atoms with Crippen LogP contribution in [0.15, 0.2) is 28.6 Å². The SMILES string of the molecule is NC(=O)c1ccsc1NS(=O)(=O)c1cnc(Cl)c(Cl)c1. The van der Waals surface area contributed by atoms with E-state index in [9.17, 15) is 13.2 Å². The summed E-state index contributed by atoms with van der Waals surface area (Å²) in [6.45, 7) is 0.